The van der Waals surface area contributed by atoms with Crippen molar-refractivity contribution in [2.75, 3.05) is 38.6 Å². The molecule has 0 aromatic rings. The number of rotatable bonds is 3. The van der Waals surface area contributed by atoms with Gasteiger partial charge in [0.05, 0.1) is 12.7 Å². The van der Waals surface area contributed by atoms with Crippen molar-refractivity contribution in [1.82, 2.24) is 9.99 Å². The normalized spacial score (nSPS) is 25.5. The van der Waals surface area contributed by atoms with Crippen LogP contribution in [-0.2, 0) is 9.53 Å². The average molecular weight is 260 g/mol. The second-order valence-corrected chi connectivity index (χ2v) is 6.62. The maximum atomic E-state index is 10.8. The molecule has 2 aliphatic heterocycles. The van der Waals surface area contributed by atoms with E-state index in [1.54, 1.807) is 6.92 Å². The molecule has 1 unspecified atom stereocenters. The largest absolute Gasteiger partial charge is 0.374 e. The summed E-state index contributed by atoms with van der Waals surface area (Å²) in [5.74, 6) is 0.0325. The number of amides is 1. The van der Waals surface area contributed by atoms with Gasteiger partial charge in [0.25, 0.3) is 0 Å². The minimum absolute atomic E-state index is 0.0325. The third-order valence-corrected chi connectivity index (χ3v) is 5.76. The Morgan fingerprint density at radius 3 is 2.71 bits per heavy atom. The molecule has 2 rings (SSSR count). The molecule has 1 N–H and O–H groups in total. The fourth-order valence-corrected chi connectivity index (χ4v) is 3.87. The van der Waals surface area contributed by atoms with Gasteiger partial charge in [-0.2, -0.15) is 0 Å². The first-order valence-corrected chi connectivity index (χ1v) is 8.28. The molecule has 0 spiro atoms. The molecule has 0 aromatic carbocycles. The second-order valence-electron chi connectivity index (χ2n) is 4.15. The molecule has 1 amide bonds. The highest BCUT2D eigenvalue weighted by Crippen LogP contribution is 2.49. The van der Waals surface area contributed by atoms with E-state index in [2.05, 4.69) is 9.99 Å². The summed E-state index contributed by atoms with van der Waals surface area (Å²) in [4.78, 5) is 10.8. The van der Waals surface area contributed by atoms with Crippen LogP contribution in [0, 0.1) is 0 Å². The Morgan fingerprint density at radius 1 is 1.47 bits per heavy atom. The number of ether oxygens (including phenoxy) is 1. The topological polar surface area (TPSA) is 41.6 Å². The van der Waals surface area contributed by atoms with Crippen molar-refractivity contribution in [2.24, 2.45) is 0 Å². The van der Waals surface area contributed by atoms with Crippen LogP contribution >= 0.6 is 8.07 Å². The van der Waals surface area contributed by atoms with Crippen LogP contribution in [0.15, 0.2) is 0 Å². The summed E-state index contributed by atoms with van der Waals surface area (Å²) >= 11 is 0. The molecular weight excluding hydrogens is 235 g/mol. The predicted octanol–water partition coefficient (Wildman–Crippen LogP) is 1.65. The Kier molecular flexibility index (Phi) is 7.02. The Hall–Kier alpha value is -0.180. The first-order valence-electron chi connectivity index (χ1n) is 6.61. The van der Waals surface area contributed by atoms with E-state index in [9.17, 15) is 4.79 Å². The highest BCUT2D eigenvalue weighted by Gasteiger charge is 2.29. The molecule has 100 valence electrons. The van der Waals surface area contributed by atoms with E-state index in [0.29, 0.717) is 6.54 Å². The van der Waals surface area contributed by atoms with Gasteiger partial charge in [-0.25, -0.2) is 0 Å². The van der Waals surface area contributed by atoms with E-state index < -0.39 is 0 Å². The molecule has 0 bridgehead atoms. The van der Waals surface area contributed by atoms with Gasteiger partial charge in [-0.1, -0.05) is 13.8 Å². The SMILES string of the molecule is CC.CC(=O)NCC1CN(P2CCC2)CCO1. The Balaban J connectivity index is 0.000000686. The molecule has 2 heterocycles. The molecule has 2 fully saturated rings. The van der Waals surface area contributed by atoms with Crippen molar-refractivity contribution in [3.8, 4) is 0 Å². The van der Waals surface area contributed by atoms with Gasteiger partial charge in [-0.3, -0.25) is 9.46 Å². The average Bonchev–Trinajstić information content (AvgIpc) is 2.27. The van der Waals surface area contributed by atoms with Gasteiger partial charge in [0.2, 0.25) is 5.91 Å². The van der Waals surface area contributed by atoms with E-state index in [4.69, 9.17) is 4.74 Å². The van der Waals surface area contributed by atoms with Gasteiger partial charge < -0.3 is 10.1 Å². The van der Waals surface area contributed by atoms with E-state index in [0.717, 1.165) is 19.7 Å². The van der Waals surface area contributed by atoms with Gasteiger partial charge in [0.15, 0.2) is 0 Å². The van der Waals surface area contributed by atoms with Crippen molar-refractivity contribution in [3.63, 3.8) is 0 Å². The van der Waals surface area contributed by atoms with Gasteiger partial charge >= 0.3 is 0 Å². The highest BCUT2D eigenvalue weighted by molar-refractivity contribution is 7.56. The maximum absolute atomic E-state index is 10.8. The standard InChI is InChI=1S/C10H19N2O2P.C2H6/c1-9(13)11-7-10-8-12(3-4-14-10)15-5-2-6-15;1-2/h10H,2-8H2,1H3,(H,11,13);1-2H3. The fraction of sp³-hybridized carbons (Fsp3) is 0.917. The number of hydrogen-bond acceptors (Lipinski definition) is 3. The van der Waals surface area contributed by atoms with Crippen molar-refractivity contribution in [1.29, 1.82) is 0 Å². The summed E-state index contributed by atoms with van der Waals surface area (Å²) in [6.07, 6.45) is 4.41. The van der Waals surface area contributed by atoms with E-state index >= 15 is 0 Å². The fourth-order valence-electron chi connectivity index (χ4n) is 1.92. The first kappa shape index (κ1) is 14.9. The van der Waals surface area contributed by atoms with Crippen LogP contribution in [0.25, 0.3) is 0 Å². The van der Waals surface area contributed by atoms with Crippen LogP contribution < -0.4 is 5.32 Å². The zero-order chi connectivity index (χ0) is 12.7. The molecule has 0 aromatic heterocycles. The van der Waals surface area contributed by atoms with Crippen LogP contribution in [0.5, 0.6) is 0 Å². The van der Waals surface area contributed by atoms with Crippen LogP contribution in [0.3, 0.4) is 0 Å². The Labute approximate surface area is 106 Å². The van der Waals surface area contributed by atoms with E-state index in [1.807, 2.05) is 13.8 Å². The van der Waals surface area contributed by atoms with Crippen LogP contribution in [-0.4, -0.2) is 55.2 Å². The lowest BCUT2D eigenvalue weighted by molar-refractivity contribution is -0.119. The van der Waals surface area contributed by atoms with Gasteiger partial charge in [0, 0.05) is 26.6 Å². The minimum Gasteiger partial charge on any atom is -0.374 e. The Bertz CT molecular complexity index is 235. The summed E-state index contributed by atoms with van der Waals surface area (Å²) in [6.45, 7) is 9.13. The van der Waals surface area contributed by atoms with Crippen LogP contribution in [0.2, 0.25) is 0 Å². The lowest BCUT2D eigenvalue weighted by Gasteiger charge is -2.42. The first-order chi connectivity index (χ1) is 8.25. The maximum Gasteiger partial charge on any atom is 0.216 e. The summed E-state index contributed by atoms with van der Waals surface area (Å²) in [7, 11) is 0.172. The number of carbonyl (C=O) groups is 1. The predicted molar refractivity (Wildman–Crippen MR) is 72.6 cm³/mol. The third-order valence-electron chi connectivity index (χ3n) is 2.93. The number of carbonyl (C=O) groups excluding carboxylic acids is 1. The van der Waals surface area contributed by atoms with Crippen molar-refractivity contribution in [2.45, 2.75) is 33.3 Å². The molecule has 5 heteroatoms. The third kappa shape index (κ3) is 4.90. The Morgan fingerprint density at radius 2 is 2.18 bits per heavy atom. The lowest BCUT2D eigenvalue weighted by atomic mass is 10.3. The van der Waals surface area contributed by atoms with Gasteiger partial charge in [-0.15, -0.1) is 0 Å². The van der Waals surface area contributed by atoms with Gasteiger partial charge in [0.1, 0.15) is 0 Å². The molecule has 2 saturated heterocycles. The van der Waals surface area contributed by atoms with E-state index in [-0.39, 0.29) is 20.1 Å². The summed E-state index contributed by atoms with van der Waals surface area (Å²) in [5, 5.41) is 2.83. The van der Waals surface area contributed by atoms with Crippen LogP contribution in [0.4, 0.5) is 0 Å². The molecule has 4 nitrogen and oxygen atoms in total. The minimum atomic E-state index is 0.0325. The lowest BCUT2D eigenvalue weighted by Crippen LogP contribution is -2.46. The summed E-state index contributed by atoms with van der Waals surface area (Å²) in [6, 6.07) is 0. The van der Waals surface area contributed by atoms with Crippen molar-refractivity contribution >= 4 is 14.0 Å². The van der Waals surface area contributed by atoms with Crippen molar-refractivity contribution < 1.29 is 9.53 Å². The molecule has 0 saturated carbocycles. The summed E-state index contributed by atoms with van der Waals surface area (Å²) < 4.78 is 8.21. The van der Waals surface area contributed by atoms with Gasteiger partial charge in [-0.05, 0) is 26.8 Å². The summed E-state index contributed by atoms with van der Waals surface area (Å²) in [5.41, 5.74) is 0. The zero-order valence-electron chi connectivity index (χ0n) is 11.2. The number of morpholine rings is 1. The monoisotopic (exact) mass is 260 g/mol. The molecule has 0 aliphatic carbocycles. The molecule has 2 aliphatic rings. The molecule has 1 atom stereocenters. The zero-order valence-corrected chi connectivity index (χ0v) is 12.1. The number of nitrogens with zero attached hydrogens (tertiary/aromatic N) is 1. The van der Waals surface area contributed by atoms with Crippen LogP contribution in [0.1, 0.15) is 27.2 Å². The van der Waals surface area contributed by atoms with E-state index in [1.165, 1.54) is 18.7 Å². The molecule has 17 heavy (non-hydrogen) atoms. The smallest absolute Gasteiger partial charge is 0.216 e. The molecular formula is C12H25N2O2P. The highest BCUT2D eigenvalue weighted by atomic mass is 31.1. The quantitative estimate of drug-likeness (QED) is 0.785. The second kappa shape index (κ2) is 8.02. The number of nitrogens with one attached hydrogen (secondary N) is 1. The molecule has 0 radical (unpaired) electrons. The van der Waals surface area contributed by atoms with Crippen molar-refractivity contribution in [3.05, 3.63) is 0 Å². The number of hydrogen-bond donors (Lipinski definition) is 1.